The number of carbonyl (C=O) groups is 1. The molecule has 0 N–H and O–H groups in total. The molecule has 0 radical (unpaired) electrons. The second kappa shape index (κ2) is 10.4. The molecule has 0 spiro atoms. The number of ether oxygens (including phenoxy) is 1. The Balaban J connectivity index is 1.61. The lowest BCUT2D eigenvalue weighted by atomic mass is 10.1. The van der Waals surface area contributed by atoms with Crippen LogP contribution in [0.25, 0.3) is 10.9 Å². The van der Waals surface area contributed by atoms with Crippen molar-refractivity contribution in [3.8, 4) is 0 Å². The number of rotatable bonds is 7. The van der Waals surface area contributed by atoms with Gasteiger partial charge in [0.2, 0.25) is 0 Å². The van der Waals surface area contributed by atoms with Gasteiger partial charge in [-0.15, -0.1) is 0 Å². The average molecular weight is 467 g/mol. The van der Waals surface area contributed by atoms with Gasteiger partial charge in [-0.25, -0.2) is 9.37 Å². The molecular weight excluding hydrogens is 435 g/mol. The van der Waals surface area contributed by atoms with Crippen LogP contribution in [0.1, 0.15) is 42.5 Å². The van der Waals surface area contributed by atoms with Crippen molar-refractivity contribution in [3.05, 3.63) is 76.1 Å². The van der Waals surface area contributed by atoms with Gasteiger partial charge in [-0.05, 0) is 49.7 Å². The Kier molecular flexibility index (Phi) is 7.38. The monoisotopic (exact) mass is 466 g/mol. The lowest BCUT2D eigenvalue weighted by Gasteiger charge is -2.43. The van der Waals surface area contributed by atoms with Gasteiger partial charge in [0.05, 0.1) is 30.1 Å². The topological polar surface area (TPSA) is 67.7 Å². The Morgan fingerprint density at radius 1 is 1.18 bits per heavy atom. The van der Waals surface area contributed by atoms with Crippen molar-refractivity contribution < 1.29 is 13.9 Å². The third-order valence-corrected chi connectivity index (χ3v) is 6.55. The number of hydrogen-bond donors (Lipinski definition) is 0. The number of methoxy groups -OCH3 is 1. The molecule has 3 aromatic rings. The molecule has 1 aliphatic heterocycles. The van der Waals surface area contributed by atoms with Gasteiger partial charge >= 0.3 is 0 Å². The zero-order valence-corrected chi connectivity index (χ0v) is 19.9. The van der Waals surface area contributed by atoms with Crippen molar-refractivity contribution in [3.63, 3.8) is 0 Å². The van der Waals surface area contributed by atoms with Gasteiger partial charge in [0, 0.05) is 38.3 Å². The van der Waals surface area contributed by atoms with Crippen molar-refractivity contribution >= 4 is 16.8 Å². The zero-order valence-electron chi connectivity index (χ0n) is 19.9. The van der Waals surface area contributed by atoms with Crippen LogP contribution in [0.4, 0.5) is 4.39 Å². The van der Waals surface area contributed by atoms with Crippen LogP contribution < -0.4 is 5.56 Å². The van der Waals surface area contributed by atoms with Crippen LogP contribution in [0.2, 0.25) is 0 Å². The number of para-hydroxylation sites is 1. The summed E-state index contributed by atoms with van der Waals surface area (Å²) in [5.74, 6) is 0.275. The van der Waals surface area contributed by atoms with Crippen LogP contribution >= 0.6 is 0 Å². The number of carbonyl (C=O) groups excluding carboxylic acids is 1. The molecule has 0 bridgehead atoms. The molecule has 7 nitrogen and oxygen atoms in total. The summed E-state index contributed by atoms with van der Waals surface area (Å²) in [6.45, 7) is 6.81. The van der Waals surface area contributed by atoms with E-state index in [0.717, 1.165) is 12.2 Å². The largest absolute Gasteiger partial charge is 0.383 e. The van der Waals surface area contributed by atoms with E-state index in [1.807, 2.05) is 30.0 Å². The van der Waals surface area contributed by atoms with Gasteiger partial charge in [0.1, 0.15) is 11.6 Å². The number of piperazine rings is 1. The first-order valence-corrected chi connectivity index (χ1v) is 11.7. The summed E-state index contributed by atoms with van der Waals surface area (Å²) in [6.07, 6.45) is 0.774. The van der Waals surface area contributed by atoms with Crippen LogP contribution in [-0.4, -0.2) is 64.7 Å². The number of aromatic nitrogens is 2. The predicted octanol–water partition coefficient (Wildman–Crippen LogP) is 3.48. The molecule has 0 aliphatic carbocycles. The van der Waals surface area contributed by atoms with Crippen molar-refractivity contribution in [1.29, 1.82) is 0 Å². The molecule has 1 saturated heterocycles. The highest BCUT2D eigenvalue weighted by atomic mass is 19.1. The zero-order chi connectivity index (χ0) is 24.2. The summed E-state index contributed by atoms with van der Waals surface area (Å²) in [5.41, 5.74) is 1.11. The molecule has 8 heteroatoms. The predicted molar refractivity (Wildman–Crippen MR) is 129 cm³/mol. The van der Waals surface area contributed by atoms with Gasteiger partial charge < -0.3 is 9.64 Å². The van der Waals surface area contributed by atoms with E-state index in [9.17, 15) is 14.0 Å². The van der Waals surface area contributed by atoms with Gasteiger partial charge in [-0.1, -0.05) is 19.1 Å². The average Bonchev–Trinajstić information content (AvgIpc) is 2.84. The molecular formula is C26H31FN4O3. The first-order valence-electron chi connectivity index (χ1n) is 11.7. The van der Waals surface area contributed by atoms with E-state index in [1.165, 1.54) is 24.3 Å². The highest BCUT2D eigenvalue weighted by Crippen LogP contribution is 2.27. The lowest BCUT2D eigenvalue weighted by molar-refractivity contribution is 0.0358. The van der Waals surface area contributed by atoms with E-state index in [4.69, 9.17) is 9.72 Å². The Morgan fingerprint density at radius 2 is 1.91 bits per heavy atom. The SMILES string of the molecule is CCC(c1nc2ccccc2c(=O)n1CCOC)N1CCN(C(=O)c2ccc(F)cc2)C(C)C1. The number of hydrogen-bond acceptors (Lipinski definition) is 5. The maximum Gasteiger partial charge on any atom is 0.261 e. The van der Waals surface area contributed by atoms with Crippen LogP contribution in [0.3, 0.4) is 0 Å². The Labute approximate surface area is 198 Å². The highest BCUT2D eigenvalue weighted by Gasteiger charge is 2.33. The summed E-state index contributed by atoms with van der Waals surface area (Å²) in [4.78, 5) is 35.4. The fourth-order valence-electron chi connectivity index (χ4n) is 4.77. The molecule has 4 rings (SSSR count). The second-order valence-electron chi connectivity index (χ2n) is 8.71. The molecule has 2 aromatic carbocycles. The number of nitrogens with zero attached hydrogens (tertiary/aromatic N) is 4. The smallest absolute Gasteiger partial charge is 0.261 e. The molecule has 1 amide bonds. The number of amides is 1. The molecule has 1 fully saturated rings. The van der Waals surface area contributed by atoms with E-state index in [0.29, 0.717) is 49.3 Å². The van der Waals surface area contributed by atoms with E-state index in [1.54, 1.807) is 17.7 Å². The van der Waals surface area contributed by atoms with Crippen LogP contribution in [0.5, 0.6) is 0 Å². The van der Waals surface area contributed by atoms with Crippen LogP contribution in [0, 0.1) is 5.82 Å². The minimum Gasteiger partial charge on any atom is -0.383 e. The lowest BCUT2D eigenvalue weighted by Crippen LogP contribution is -2.55. The maximum atomic E-state index is 13.3. The normalized spacial score (nSPS) is 17.8. The van der Waals surface area contributed by atoms with Gasteiger partial charge in [0.15, 0.2) is 0 Å². The Bertz CT molecular complexity index is 1210. The number of fused-ring (bicyclic) bond motifs is 1. The van der Waals surface area contributed by atoms with E-state index < -0.39 is 0 Å². The molecule has 180 valence electrons. The first-order chi connectivity index (χ1) is 16.4. The highest BCUT2D eigenvalue weighted by molar-refractivity contribution is 5.94. The quantitative estimate of drug-likeness (QED) is 0.533. The third kappa shape index (κ3) is 4.74. The molecule has 2 heterocycles. The summed E-state index contributed by atoms with van der Waals surface area (Å²) < 4.78 is 20.3. The fraction of sp³-hybridized carbons (Fsp3) is 0.423. The third-order valence-electron chi connectivity index (χ3n) is 6.55. The van der Waals surface area contributed by atoms with Gasteiger partial charge in [0.25, 0.3) is 11.5 Å². The van der Waals surface area contributed by atoms with Crippen molar-refractivity contribution in [2.75, 3.05) is 33.4 Å². The summed E-state index contributed by atoms with van der Waals surface area (Å²) in [7, 11) is 1.62. The number of halogens is 1. The molecule has 2 atom stereocenters. The van der Waals surface area contributed by atoms with Crippen LogP contribution in [-0.2, 0) is 11.3 Å². The van der Waals surface area contributed by atoms with Gasteiger partial charge in [-0.3, -0.25) is 19.1 Å². The fourth-order valence-corrected chi connectivity index (χ4v) is 4.77. The van der Waals surface area contributed by atoms with Crippen molar-refractivity contribution in [2.24, 2.45) is 0 Å². The van der Waals surface area contributed by atoms with E-state index in [2.05, 4.69) is 11.8 Å². The Morgan fingerprint density at radius 3 is 2.59 bits per heavy atom. The summed E-state index contributed by atoms with van der Waals surface area (Å²) in [5, 5.41) is 0.597. The number of benzene rings is 2. The molecule has 1 aliphatic rings. The Hall–Kier alpha value is -3.10. The standard InChI is InChI=1S/C26H31FN4O3/c1-4-23(24-28-22-8-6-5-7-21(22)26(33)31(24)15-16-34-3)29-13-14-30(18(2)17-29)25(32)19-9-11-20(27)12-10-19/h5-12,18,23H,4,13-17H2,1-3H3. The molecule has 2 unspecified atom stereocenters. The molecule has 1 aromatic heterocycles. The molecule has 34 heavy (non-hydrogen) atoms. The second-order valence-corrected chi connectivity index (χ2v) is 8.71. The molecule has 0 saturated carbocycles. The van der Waals surface area contributed by atoms with Gasteiger partial charge in [-0.2, -0.15) is 0 Å². The maximum absolute atomic E-state index is 13.3. The van der Waals surface area contributed by atoms with E-state index >= 15 is 0 Å². The van der Waals surface area contributed by atoms with Crippen molar-refractivity contribution in [2.45, 2.75) is 38.9 Å². The van der Waals surface area contributed by atoms with Crippen molar-refractivity contribution in [1.82, 2.24) is 19.4 Å². The minimum atomic E-state index is -0.359. The summed E-state index contributed by atoms with van der Waals surface area (Å²) in [6, 6.07) is 13.0. The minimum absolute atomic E-state index is 0.0417. The summed E-state index contributed by atoms with van der Waals surface area (Å²) >= 11 is 0. The van der Waals surface area contributed by atoms with Crippen LogP contribution in [0.15, 0.2) is 53.3 Å². The van der Waals surface area contributed by atoms with E-state index in [-0.39, 0.29) is 29.4 Å². The first kappa shape index (κ1) is 24.0.